The van der Waals surface area contributed by atoms with Crippen molar-refractivity contribution in [3.8, 4) is 6.07 Å². The highest BCUT2D eigenvalue weighted by molar-refractivity contribution is 7.71. The van der Waals surface area contributed by atoms with Crippen molar-refractivity contribution in [3.05, 3.63) is 44.8 Å². The molecule has 0 aliphatic rings. The highest BCUT2D eigenvalue weighted by atomic mass is 32.1. The Balaban J connectivity index is 2.56. The Morgan fingerprint density at radius 3 is 2.82 bits per heavy atom. The molecule has 0 spiro atoms. The summed E-state index contributed by atoms with van der Waals surface area (Å²) in [5.74, 6) is 0.649. The average molecular weight is 316 g/mol. The molecule has 112 valence electrons. The second-order valence-electron chi connectivity index (χ2n) is 4.55. The Morgan fingerprint density at radius 2 is 2.23 bits per heavy atom. The molecule has 0 atom stereocenters. The first-order valence-corrected chi connectivity index (χ1v) is 6.55. The minimum Gasteiger partial charge on any atom is -0.362 e. The Bertz CT molecular complexity index is 824. The van der Waals surface area contributed by atoms with Crippen LogP contribution in [-0.2, 0) is 0 Å². The van der Waals surface area contributed by atoms with Gasteiger partial charge in [0.1, 0.15) is 17.6 Å². The third-order valence-electron chi connectivity index (χ3n) is 2.88. The Morgan fingerprint density at radius 1 is 1.50 bits per heavy atom. The Kier molecular flexibility index (Phi) is 4.33. The molecule has 0 aliphatic carbocycles. The van der Waals surface area contributed by atoms with E-state index >= 15 is 0 Å². The third-order valence-corrected chi connectivity index (χ3v) is 3.18. The molecule has 22 heavy (non-hydrogen) atoms. The summed E-state index contributed by atoms with van der Waals surface area (Å²) in [5, 5.41) is 23.0. The van der Waals surface area contributed by atoms with E-state index in [1.807, 2.05) is 20.2 Å². The summed E-state index contributed by atoms with van der Waals surface area (Å²) in [7, 11) is 3.62. The SMILES string of the molecule is CN(C)c1[nH]cnc(=S)c1Nc1cc([N+](=O)[O-])ccc1C#N. The minimum absolute atomic E-state index is 0.119. The second-order valence-corrected chi connectivity index (χ2v) is 4.94. The van der Waals surface area contributed by atoms with Gasteiger partial charge in [-0.1, -0.05) is 12.2 Å². The lowest BCUT2D eigenvalue weighted by Gasteiger charge is -2.18. The predicted octanol–water partition coefficient (Wildman–Crippen LogP) is 2.73. The van der Waals surface area contributed by atoms with E-state index in [2.05, 4.69) is 15.3 Å². The normalized spacial score (nSPS) is 9.86. The van der Waals surface area contributed by atoms with Crippen LogP contribution in [-0.4, -0.2) is 29.0 Å². The monoisotopic (exact) mass is 316 g/mol. The van der Waals surface area contributed by atoms with Crippen molar-refractivity contribution in [3.63, 3.8) is 0 Å². The molecule has 9 heteroatoms. The van der Waals surface area contributed by atoms with Gasteiger partial charge in [0.15, 0.2) is 4.64 Å². The number of anilines is 3. The maximum Gasteiger partial charge on any atom is 0.271 e. The number of nitriles is 1. The molecule has 0 saturated carbocycles. The molecule has 0 saturated heterocycles. The van der Waals surface area contributed by atoms with Gasteiger partial charge in [-0.2, -0.15) is 5.26 Å². The number of hydrogen-bond acceptors (Lipinski definition) is 7. The van der Waals surface area contributed by atoms with Crippen LogP contribution in [0.3, 0.4) is 0 Å². The summed E-state index contributed by atoms with van der Waals surface area (Å²) in [5.41, 5.74) is 0.923. The van der Waals surface area contributed by atoms with Gasteiger partial charge in [0, 0.05) is 26.2 Å². The van der Waals surface area contributed by atoms with Crippen molar-refractivity contribution in [2.75, 3.05) is 24.3 Å². The van der Waals surface area contributed by atoms with Crippen LogP contribution in [0.15, 0.2) is 24.5 Å². The lowest BCUT2D eigenvalue weighted by molar-refractivity contribution is -0.384. The maximum absolute atomic E-state index is 10.9. The smallest absolute Gasteiger partial charge is 0.271 e. The Labute approximate surface area is 131 Å². The van der Waals surface area contributed by atoms with Crippen LogP contribution < -0.4 is 10.2 Å². The molecule has 2 rings (SSSR count). The minimum atomic E-state index is -0.525. The lowest BCUT2D eigenvalue weighted by atomic mass is 10.1. The quantitative estimate of drug-likeness (QED) is 0.507. The van der Waals surface area contributed by atoms with E-state index in [-0.39, 0.29) is 15.9 Å². The number of nitrogens with one attached hydrogen (secondary N) is 2. The van der Waals surface area contributed by atoms with Gasteiger partial charge in [0.2, 0.25) is 0 Å². The van der Waals surface area contributed by atoms with Crippen molar-refractivity contribution >= 4 is 35.1 Å². The van der Waals surface area contributed by atoms with Gasteiger partial charge < -0.3 is 15.2 Å². The maximum atomic E-state index is 10.9. The summed E-state index contributed by atoms with van der Waals surface area (Å²) < 4.78 is 0.290. The molecule has 1 aromatic heterocycles. The molecule has 0 aliphatic heterocycles. The standard InChI is InChI=1S/C13H12N6O2S/c1-18(2)12-11(13(22)16-7-15-12)17-10-5-9(19(20)21)4-3-8(10)6-14/h3-5,7,17H,1-2H3,(H,15,16,22). The van der Waals surface area contributed by atoms with Crippen LogP contribution in [0.4, 0.5) is 22.9 Å². The third kappa shape index (κ3) is 3.02. The van der Waals surface area contributed by atoms with E-state index in [9.17, 15) is 10.1 Å². The van der Waals surface area contributed by atoms with Gasteiger partial charge in [-0.25, -0.2) is 4.98 Å². The number of non-ortho nitro benzene ring substituents is 1. The van der Waals surface area contributed by atoms with Gasteiger partial charge >= 0.3 is 0 Å². The van der Waals surface area contributed by atoms with Crippen molar-refractivity contribution < 1.29 is 4.92 Å². The van der Waals surface area contributed by atoms with Crippen LogP contribution in [0.1, 0.15) is 5.56 Å². The van der Waals surface area contributed by atoms with Crippen LogP contribution in [0, 0.1) is 26.1 Å². The predicted molar refractivity (Wildman–Crippen MR) is 84.8 cm³/mol. The molecule has 0 fully saturated rings. The molecule has 8 nitrogen and oxygen atoms in total. The second kappa shape index (κ2) is 6.19. The van der Waals surface area contributed by atoms with Crippen molar-refractivity contribution in [2.45, 2.75) is 0 Å². The molecule has 0 amide bonds. The number of nitro groups is 1. The van der Waals surface area contributed by atoms with E-state index in [1.165, 1.54) is 24.5 Å². The number of rotatable bonds is 4. The average Bonchev–Trinajstić information content (AvgIpc) is 2.48. The van der Waals surface area contributed by atoms with Gasteiger partial charge in [-0.15, -0.1) is 0 Å². The topological polar surface area (TPSA) is 111 Å². The molecule has 2 N–H and O–H groups in total. The number of nitrogens with zero attached hydrogens (tertiary/aromatic N) is 4. The molecular formula is C13H12N6O2S. The molecule has 0 radical (unpaired) electrons. The van der Waals surface area contributed by atoms with Crippen LogP contribution in [0.25, 0.3) is 0 Å². The van der Waals surface area contributed by atoms with E-state index in [0.29, 0.717) is 17.2 Å². The fourth-order valence-electron chi connectivity index (χ4n) is 1.84. The number of nitro benzene ring substituents is 1. The number of hydrogen-bond donors (Lipinski definition) is 2. The van der Waals surface area contributed by atoms with Crippen LogP contribution in [0.5, 0.6) is 0 Å². The van der Waals surface area contributed by atoms with E-state index in [1.54, 1.807) is 4.90 Å². The molecular weight excluding hydrogens is 304 g/mol. The fourth-order valence-corrected chi connectivity index (χ4v) is 2.04. The van der Waals surface area contributed by atoms with E-state index < -0.39 is 4.92 Å². The number of H-pyrrole nitrogens is 1. The summed E-state index contributed by atoms with van der Waals surface area (Å²) in [6.45, 7) is 0. The molecule has 1 heterocycles. The van der Waals surface area contributed by atoms with Crippen molar-refractivity contribution in [2.24, 2.45) is 0 Å². The molecule has 2 aromatic rings. The zero-order chi connectivity index (χ0) is 16.3. The number of aromatic amines is 1. The first-order valence-electron chi connectivity index (χ1n) is 6.14. The van der Waals surface area contributed by atoms with Crippen LogP contribution >= 0.6 is 12.2 Å². The zero-order valence-electron chi connectivity index (χ0n) is 11.8. The van der Waals surface area contributed by atoms with E-state index in [4.69, 9.17) is 17.5 Å². The van der Waals surface area contributed by atoms with Gasteiger partial charge in [-0.3, -0.25) is 10.1 Å². The Hall–Kier alpha value is -2.99. The number of benzene rings is 1. The highest BCUT2D eigenvalue weighted by Crippen LogP contribution is 2.29. The first-order chi connectivity index (χ1) is 10.4. The van der Waals surface area contributed by atoms with E-state index in [0.717, 1.165) is 0 Å². The van der Waals surface area contributed by atoms with Crippen LogP contribution in [0.2, 0.25) is 0 Å². The lowest BCUT2D eigenvalue weighted by Crippen LogP contribution is -2.13. The largest absolute Gasteiger partial charge is 0.362 e. The molecule has 1 aromatic carbocycles. The van der Waals surface area contributed by atoms with Crippen molar-refractivity contribution in [1.29, 1.82) is 5.26 Å². The highest BCUT2D eigenvalue weighted by Gasteiger charge is 2.14. The summed E-state index contributed by atoms with van der Waals surface area (Å²) in [6, 6.07) is 5.94. The zero-order valence-corrected chi connectivity index (χ0v) is 12.6. The van der Waals surface area contributed by atoms with Gasteiger partial charge in [0.25, 0.3) is 5.69 Å². The van der Waals surface area contributed by atoms with Gasteiger partial charge in [-0.05, 0) is 6.07 Å². The summed E-state index contributed by atoms with van der Waals surface area (Å²) in [4.78, 5) is 19.1. The molecule has 0 bridgehead atoms. The first kappa shape index (κ1) is 15.4. The summed E-state index contributed by atoms with van der Waals surface area (Å²) in [6.07, 6.45) is 1.46. The molecule has 0 unspecified atom stereocenters. The fraction of sp³-hybridized carbons (Fsp3) is 0.154. The van der Waals surface area contributed by atoms with Gasteiger partial charge in [0.05, 0.1) is 22.5 Å². The number of aromatic nitrogens is 2. The van der Waals surface area contributed by atoms with Crippen molar-refractivity contribution in [1.82, 2.24) is 9.97 Å². The summed E-state index contributed by atoms with van der Waals surface area (Å²) >= 11 is 5.18.